The molecule has 2 rings (SSSR count). The highest BCUT2D eigenvalue weighted by molar-refractivity contribution is 5.83. The molecule has 1 aromatic carbocycles. The minimum atomic E-state index is -0.549. The average Bonchev–Trinajstić information content (AvgIpc) is 2.46. The fourth-order valence-electron chi connectivity index (χ4n) is 2.71. The molecule has 2 N–H and O–H groups in total. The normalized spacial score (nSPS) is 18.6. The number of carbonyl (C=O) groups is 1. The van der Waals surface area contributed by atoms with Crippen molar-refractivity contribution in [3.05, 3.63) is 35.4 Å². The van der Waals surface area contributed by atoms with Crippen LogP contribution in [0.1, 0.15) is 37.9 Å². The summed E-state index contributed by atoms with van der Waals surface area (Å²) in [5, 5.41) is 0. The number of amides is 1. The Labute approximate surface area is 127 Å². The van der Waals surface area contributed by atoms with Gasteiger partial charge in [-0.3, -0.25) is 9.69 Å². The molecule has 1 aliphatic heterocycles. The summed E-state index contributed by atoms with van der Waals surface area (Å²) >= 11 is 0. The Hall–Kier alpha value is -1.39. The first kappa shape index (κ1) is 16.0. The van der Waals surface area contributed by atoms with Gasteiger partial charge in [-0.05, 0) is 33.3 Å². The summed E-state index contributed by atoms with van der Waals surface area (Å²) in [7, 11) is 0. The molecule has 1 aliphatic rings. The van der Waals surface area contributed by atoms with Crippen LogP contribution in [0.15, 0.2) is 24.3 Å². The lowest BCUT2D eigenvalue weighted by Gasteiger charge is -2.42. The van der Waals surface area contributed by atoms with E-state index in [4.69, 9.17) is 5.73 Å². The molecule has 0 saturated carbocycles. The molecule has 1 heterocycles. The van der Waals surface area contributed by atoms with Gasteiger partial charge in [0.2, 0.25) is 5.91 Å². The molecule has 1 amide bonds. The number of aryl methyl sites for hydroxylation is 1. The van der Waals surface area contributed by atoms with Crippen molar-refractivity contribution in [1.29, 1.82) is 0 Å². The molecular weight excluding hydrogens is 262 g/mol. The lowest BCUT2D eigenvalue weighted by Crippen LogP contribution is -2.55. The minimum absolute atomic E-state index is 0.0346. The van der Waals surface area contributed by atoms with Gasteiger partial charge in [0, 0.05) is 31.7 Å². The Bertz CT molecular complexity index is 482. The van der Waals surface area contributed by atoms with E-state index < -0.39 is 6.04 Å². The Balaban J connectivity index is 1.97. The highest BCUT2D eigenvalue weighted by Gasteiger charge is 2.30. The van der Waals surface area contributed by atoms with Gasteiger partial charge in [-0.2, -0.15) is 0 Å². The van der Waals surface area contributed by atoms with Crippen LogP contribution in [0.3, 0.4) is 0 Å². The molecule has 1 saturated heterocycles. The van der Waals surface area contributed by atoms with Crippen LogP contribution in [-0.4, -0.2) is 47.4 Å². The summed E-state index contributed by atoms with van der Waals surface area (Å²) in [5.74, 6) is 0.0346. The third-order valence-electron chi connectivity index (χ3n) is 4.24. The average molecular weight is 289 g/mol. The van der Waals surface area contributed by atoms with Gasteiger partial charge in [0.25, 0.3) is 0 Å². The van der Waals surface area contributed by atoms with E-state index in [-0.39, 0.29) is 11.4 Å². The van der Waals surface area contributed by atoms with Crippen LogP contribution < -0.4 is 5.73 Å². The van der Waals surface area contributed by atoms with E-state index in [2.05, 4.69) is 25.7 Å². The fourth-order valence-corrected chi connectivity index (χ4v) is 2.71. The van der Waals surface area contributed by atoms with Crippen molar-refractivity contribution in [1.82, 2.24) is 9.80 Å². The molecule has 0 spiro atoms. The molecule has 4 nitrogen and oxygen atoms in total. The van der Waals surface area contributed by atoms with Crippen LogP contribution in [-0.2, 0) is 4.79 Å². The van der Waals surface area contributed by atoms with Crippen LogP contribution in [0.25, 0.3) is 0 Å². The summed E-state index contributed by atoms with van der Waals surface area (Å²) in [6, 6.07) is 7.35. The molecular formula is C17H27N3O. The van der Waals surface area contributed by atoms with Gasteiger partial charge in [0.15, 0.2) is 0 Å². The van der Waals surface area contributed by atoms with Gasteiger partial charge in [0.1, 0.15) is 6.04 Å². The Morgan fingerprint density at radius 3 is 2.10 bits per heavy atom. The van der Waals surface area contributed by atoms with E-state index in [1.807, 2.05) is 36.1 Å². The molecule has 0 aromatic heterocycles. The molecule has 0 radical (unpaired) electrons. The summed E-state index contributed by atoms with van der Waals surface area (Å²) in [4.78, 5) is 16.8. The summed E-state index contributed by atoms with van der Waals surface area (Å²) < 4.78 is 0. The van der Waals surface area contributed by atoms with Crippen LogP contribution in [0, 0.1) is 6.92 Å². The predicted octanol–water partition coefficient (Wildman–Crippen LogP) is 1.94. The molecule has 1 unspecified atom stereocenters. The second kappa shape index (κ2) is 6.16. The number of nitrogens with zero attached hydrogens (tertiary/aromatic N) is 2. The monoisotopic (exact) mass is 289 g/mol. The maximum absolute atomic E-state index is 12.5. The third-order valence-corrected chi connectivity index (χ3v) is 4.24. The van der Waals surface area contributed by atoms with E-state index in [0.29, 0.717) is 0 Å². The topological polar surface area (TPSA) is 49.6 Å². The van der Waals surface area contributed by atoms with Gasteiger partial charge in [-0.15, -0.1) is 0 Å². The highest BCUT2D eigenvalue weighted by atomic mass is 16.2. The SMILES string of the molecule is Cc1ccc(C(N)C(=O)N2CCN(C(C)(C)C)CC2)cc1. The largest absolute Gasteiger partial charge is 0.338 e. The molecule has 4 heteroatoms. The summed E-state index contributed by atoms with van der Waals surface area (Å²) in [6.45, 7) is 12.0. The van der Waals surface area contributed by atoms with Gasteiger partial charge in [-0.1, -0.05) is 29.8 Å². The molecule has 1 fully saturated rings. The quantitative estimate of drug-likeness (QED) is 0.905. The first-order valence-electron chi connectivity index (χ1n) is 7.65. The molecule has 1 aromatic rings. The molecule has 0 bridgehead atoms. The molecule has 1 atom stereocenters. The van der Waals surface area contributed by atoms with E-state index in [9.17, 15) is 4.79 Å². The predicted molar refractivity (Wildman–Crippen MR) is 86.0 cm³/mol. The number of hydrogen-bond donors (Lipinski definition) is 1. The minimum Gasteiger partial charge on any atom is -0.338 e. The van der Waals surface area contributed by atoms with Crippen molar-refractivity contribution in [3.8, 4) is 0 Å². The fraction of sp³-hybridized carbons (Fsp3) is 0.588. The van der Waals surface area contributed by atoms with Gasteiger partial charge in [-0.25, -0.2) is 0 Å². The lowest BCUT2D eigenvalue weighted by atomic mass is 10.0. The Morgan fingerprint density at radius 2 is 1.62 bits per heavy atom. The zero-order valence-electron chi connectivity index (χ0n) is 13.6. The lowest BCUT2D eigenvalue weighted by molar-refractivity contribution is -0.135. The number of hydrogen-bond acceptors (Lipinski definition) is 3. The summed E-state index contributed by atoms with van der Waals surface area (Å²) in [6.07, 6.45) is 0. The van der Waals surface area contributed by atoms with Gasteiger partial charge >= 0.3 is 0 Å². The van der Waals surface area contributed by atoms with Crippen molar-refractivity contribution in [2.24, 2.45) is 5.73 Å². The summed E-state index contributed by atoms with van der Waals surface area (Å²) in [5.41, 5.74) is 8.37. The van der Waals surface area contributed by atoms with Crippen molar-refractivity contribution >= 4 is 5.91 Å². The Kier molecular flexibility index (Phi) is 4.69. The van der Waals surface area contributed by atoms with Crippen molar-refractivity contribution in [2.45, 2.75) is 39.3 Å². The van der Waals surface area contributed by atoms with Crippen LogP contribution in [0.5, 0.6) is 0 Å². The number of benzene rings is 1. The second-order valence-corrected chi connectivity index (χ2v) is 6.87. The van der Waals surface area contributed by atoms with Crippen LogP contribution >= 0.6 is 0 Å². The molecule has 21 heavy (non-hydrogen) atoms. The molecule has 116 valence electrons. The van der Waals surface area contributed by atoms with E-state index in [1.54, 1.807) is 0 Å². The Morgan fingerprint density at radius 1 is 1.10 bits per heavy atom. The zero-order chi connectivity index (χ0) is 15.6. The number of carbonyl (C=O) groups excluding carboxylic acids is 1. The maximum Gasteiger partial charge on any atom is 0.244 e. The van der Waals surface area contributed by atoms with Gasteiger partial charge in [0.05, 0.1) is 0 Å². The second-order valence-electron chi connectivity index (χ2n) is 6.87. The number of piperazine rings is 1. The standard InChI is InChI=1S/C17H27N3O/c1-13-5-7-14(8-6-13)15(18)16(21)19-9-11-20(12-10-19)17(2,3)4/h5-8,15H,9-12,18H2,1-4H3. The van der Waals surface area contributed by atoms with Crippen molar-refractivity contribution in [3.63, 3.8) is 0 Å². The molecule has 0 aliphatic carbocycles. The van der Waals surface area contributed by atoms with Crippen LogP contribution in [0.2, 0.25) is 0 Å². The third kappa shape index (κ3) is 3.83. The van der Waals surface area contributed by atoms with E-state index in [0.717, 1.165) is 31.7 Å². The zero-order valence-corrected chi connectivity index (χ0v) is 13.6. The highest BCUT2D eigenvalue weighted by Crippen LogP contribution is 2.19. The number of nitrogens with two attached hydrogens (primary N) is 1. The first-order chi connectivity index (χ1) is 9.79. The maximum atomic E-state index is 12.5. The van der Waals surface area contributed by atoms with Crippen molar-refractivity contribution in [2.75, 3.05) is 26.2 Å². The number of rotatable bonds is 2. The first-order valence-corrected chi connectivity index (χ1v) is 7.65. The van der Waals surface area contributed by atoms with Gasteiger partial charge < -0.3 is 10.6 Å². The van der Waals surface area contributed by atoms with E-state index >= 15 is 0 Å². The van der Waals surface area contributed by atoms with E-state index in [1.165, 1.54) is 5.56 Å². The van der Waals surface area contributed by atoms with Crippen LogP contribution in [0.4, 0.5) is 0 Å². The smallest absolute Gasteiger partial charge is 0.244 e. The van der Waals surface area contributed by atoms with Crippen molar-refractivity contribution < 1.29 is 4.79 Å².